The van der Waals surface area contributed by atoms with Gasteiger partial charge in [-0.2, -0.15) is 0 Å². The van der Waals surface area contributed by atoms with Crippen LogP contribution < -0.4 is 15.1 Å². The molecule has 6 rings (SSSR count). The van der Waals surface area contributed by atoms with Crippen molar-refractivity contribution in [2.24, 2.45) is 11.8 Å². The highest BCUT2D eigenvalue weighted by Gasteiger charge is 2.42. The molecular weight excluding hydrogens is 524 g/mol. The topological polar surface area (TPSA) is 49.2 Å². The summed E-state index contributed by atoms with van der Waals surface area (Å²) in [4.78, 5) is 13.6. The number of pyridine rings is 2. The molecule has 200 valence electrons. The Morgan fingerprint density at radius 1 is 1.00 bits per heavy atom. The normalized spacial score (nSPS) is 23.2. The van der Waals surface area contributed by atoms with Gasteiger partial charge in [-0.05, 0) is 84.6 Å². The van der Waals surface area contributed by atoms with Crippen LogP contribution in [0.4, 0.5) is 11.4 Å². The lowest BCUT2D eigenvalue weighted by atomic mass is 9.91. The number of rotatable bonds is 6. The van der Waals surface area contributed by atoms with Gasteiger partial charge >= 0.3 is 0 Å². The maximum absolute atomic E-state index is 6.99. The van der Waals surface area contributed by atoms with Crippen molar-refractivity contribution < 1.29 is 0 Å². The summed E-state index contributed by atoms with van der Waals surface area (Å²) in [5, 5.41) is 4.99. The Morgan fingerprint density at radius 3 is 2.56 bits per heavy atom. The largest absolute Gasteiger partial charge is 0.370 e. The van der Waals surface area contributed by atoms with Crippen LogP contribution >= 0.6 is 23.8 Å². The predicted molar refractivity (Wildman–Crippen MR) is 162 cm³/mol. The fraction of sp³-hybridized carbons (Fsp3) is 0.323. The summed E-state index contributed by atoms with van der Waals surface area (Å²) >= 11 is 13.0. The van der Waals surface area contributed by atoms with Crippen LogP contribution in [0.2, 0.25) is 5.02 Å². The Hall–Kier alpha value is -3.42. The van der Waals surface area contributed by atoms with Crippen molar-refractivity contribution in [3.8, 4) is 0 Å². The molecule has 4 atom stereocenters. The molecule has 0 spiro atoms. The van der Waals surface area contributed by atoms with Gasteiger partial charge in [-0.15, -0.1) is 0 Å². The highest BCUT2D eigenvalue weighted by molar-refractivity contribution is 7.80. The minimum Gasteiger partial charge on any atom is -0.370 e. The molecule has 2 aliphatic rings. The summed E-state index contributed by atoms with van der Waals surface area (Å²) in [6.07, 6.45) is 8.93. The quantitative estimate of drug-likeness (QED) is 0.269. The van der Waals surface area contributed by atoms with Crippen molar-refractivity contribution in [3.05, 3.63) is 107 Å². The van der Waals surface area contributed by atoms with Gasteiger partial charge < -0.3 is 19.7 Å². The van der Waals surface area contributed by atoms with E-state index >= 15 is 0 Å². The third-order valence-corrected chi connectivity index (χ3v) is 8.38. The van der Waals surface area contributed by atoms with E-state index in [1.165, 1.54) is 6.42 Å². The number of nitrogens with one attached hydrogen (secondary N) is 1. The standard InChI is InChI=1S/C31H33ClN6S/c1-21-15-22(2)19-37(18-21)27-11-10-24(16-25(27)32)38-30(29(35-31(38)39)26-8-3-4-13-34-26)28-9-6-14-36(28)20-23-7-5-12-33-17-23/h3-14,16-17,21-22,29-30H,15,18-20H2,1-2H3,(H,35,39). The maximum Gasteiger partial charge on any atom is 0.174 e. The Morgan fingerprint density at radius 2 is 1.85 bits per heavy atom. The number of anilines is 2. The Bertz CT molecular complexity index is 1430. The van der Waals surface area contributed by atoms with Gasteiger partial charge in [0.2, 0.25) is 0 Å². The van der Waals surface area contributed by atoms with Gasteiger partial charge in [-0.3, -0.25) is 9.97 Å². The molecule has 6 nitrogen and oxygen atoms in total. The second-order valence-electron chi connectivity index (χ2n) is 10.9. The SMILES string of the molecule is CC1CC(C)CN(c2ccc(N3C(=S)NC(c4ccccn4)C3c3cccn3Cc3cccnc3)cc2Cl)C1. The number of hydrogen-bond acceptors (Lipinski definition) is 4. The molecule has 1 aromatic carbocycles. The monoisotopic (exact) mass is 556 g/mol. The van der Waals surface area contributed by atoms with E-state index in [4.69, 9.17) is 28.8 Å². The van der Waals surface area contributed by atoms with Crippen molar-refractivity contribution in [2.75, 3.05) is 22.9 Å². The Kier molecular flexibility index (Phi) is 7.28. The summed E-state index contributed by atoms with van der Waals surface area (Å²) in [6, 6.07) is 20.5. The van der Waals surface area contributed by atoms with Crippen LogP contribution in [0.5, 0.6) is 0 Å². The number of thiocarbonyl (C=S) groups is 1. The lowest BCUT2D eigenvalue weighted by Gasteiger charge is -2.37. The summed E-state index contributed by atoms with van der Waals surface area (Å²) in [5.74, 6) is 1.30. The molecule has 2 aliphatic heterocycles. The molecule has 0 saturated carbocycles. The van der Waals surface area contributed by atoms with Crippen LogP contribution in [0.15, 0.2) is 85.5 Å². The van der Waals surface area contributed by atoms with Crippen LogP contribution in [0.1, 0.15) is 49.3 Å². The molecule has 5 heterocycles. The number of benzene rings is 1. The molecule has 1 N–H and O–H groups in total. The number of aromatic nitrogens is 3. The average molecular weight is 557 g/mol. The first-order chi connectivity index (χ1) is 19.0. The number of hydrogen-bond donors (Lipinski definition) is 1. The van der Waals surface area contributed by atoms with Crippen molar-refractivity contribution in [1.29, 1.82) is 0 Å². The van der Waals surface area contributed by atoms with Crippen molar-refractivity contribution >= 4 is 40.3 Å². The van der Waals surface area contributed by atoms with E-state index in [2.05, 4.69) is 87.2 Å². The van der Waals surface area contributed by atoms with Crippen LogP contribution in [-0.4, -0.2) is 32.7 Å². The second-order valence-corrected chi connectivity index (χ2v) is 11.7. The smallest absolute Gasteiger partial charge is 0.174 e. The average Bonchev–Trinajstić information content (AvgIpc) is 3.52. The molecular formula is C31H33ClN6S. The molecule has 39 heavy (non-hydrogen) atoms. The summed E-state index contributed by atoms with van der Waals surface area (Å²) in [5.41, 5.74) is 5.29. The molecule has 0 bridgehead atoms. The van der Waals surface area contributed by atoms with Gasteiger partial charge in [0, 0.05) is 55.8 Å². The van der Waals surface area contributed by atoms with Crippen molar-refractivity contribution in [2.45, 2.75) is 38.9 Å². The van der Waals surface area contributed by atoms with E-state index < -0.39 is 0 Å². The maximum atomic E-state index is 6.99. The van der Waals surface area contributed by atoms with E-state index in [-0.39, 0.29) is 12.1 Å². The van der Waals surface area contributed by atoms with Crippen molar-refractivity contribution in [3.63, 3.8) is 0 Å². The van der Waals surface area contributed by atoms with E-state index in [0.29, 0.717) is 23.5 Å². The molecule has 3 aromatic heterocycles. The van der Waals surface area contributed by atoms with Gasteiger partial charge in [-0.25, -0.2) is 0 Å². The fourth-order valence-electron chi connectivity index (χ4n) is 6.22. The zero-order chi connectivity index (χ0) is 26.9. The minimum atomic E-state index is -0.122. The summed E-state index contributed by atoms with van der Waals surface area (Å²) in [7, 11) is 0. The molecule has 4 aromatic rings. The summed E-state index contributed by atoms with van der Waals surface area (Å²) < 4.78 is 2.27. The molecule has 0 aliphatic carbocycles. The number of halogens is 1. The van der Waals surface area contributed by atoms with Crippen LogP contribution in [0.25, 0.3) is 0 Å². The van der Waals surface area contributed by atoms with Gasteiger partial charge in [0.05, 0.1) is 22.4 Å². The molecule has 0 amide bonds. The Balaban J connectivity index is 1.39. The van der Waals surface area contributed by atoms with Gasteiger partial charge in [0.15, 0.2) is 5.11 Å². The van der Waals surface area contributed by atoms with Crippen molar-refractivity contribution in [1.82, 2.24) is 19.9 Å². The molecule has 0 radical (unpaired) electrons. The molecule has 8 heteroatoms. The second kappa shape index (κ2) is 11.0. The van der Waals surface area contributed by atoms with E-state index in [0.717, 1.165) is 46.4 Å². The number of piperidine rings is 1. The predicted octanol–water partition coefficient (Wildman–Crippen LogP) is 6.64. The number of nitrogens with zero attached hydrogens (tertiary/aromatic N) is 5. The first-order valence-corrected chi connectivity index (χ1v) is 14.4. The fourth-order valence-corrected chi connectivity index (χ4v) is 6.86. The van der Waals surface area contributed by atoms with Gasteiger partial charge in [0.25, 0.3) is 0 Å². The molecule has 2 saturated heterocycles. The Labute approximate surface area is 240 Å². The zero-order valence-corrected chi connectivity index (χ0v) is 23.8. The first kappa shape index (κ1) is 25.8. The van der Waals surface area contributed by atoms with Crippen LogP contribution in [0.3, 0.4) is 0 Å². The molecule has 4 unspecified atom stereocenters. The van der Waals surface area contributed by atoms with E-state index in [9.17, 15) is 0 Å². The minimum absolute atomic E-state index is 0.115. The lowest BCUT2D eigenvalue weighted by molar-refractivity contribution is 0.357. The third kappa shape index (κ3) is 5.25. The molecule has 2 fully saturated rings. The van der Waals surface area contributed by atoms with Gasteiger partial charge in [-0.1, -0.05) is 37.6 Å². The summed E-state index contributed by atoms with van der Waals surface area (Å²) in [6.45, 7) is 7.41. The van der Waals surface area contributed by atoms with Crippen LogP contribution in [0, 0.1) is 11.8 Å². The highest BCUT2D eigenvalue weighted by atomic mass is 35.5. The zero-order valence-electron chi connectivity index (χ0n) is 22.2. The highest BCUT2D eigenvalue weighted by Crippen LogP contribution is 2.43. The third-order valence-electron chi connectivity index (χ3n) is 7.76. The lowest BCUT2D eigenvalue weighted by Crippen LogP contribution is -2.38. The first-order valence-electron chi connectivity index (χ1n) is 13.6. The van der Waals surface area contributed by atoms with Crippen LogP contribution in [-0.2, 0) is 6.54 Å². The van der Waals surface area contributed by atoms with E-state index in [1.54, 1.807) is 6.20 Å². The van der Waals surface area contributed by atoms with Gasteiger partial charge in [0.1, 0.15) is 6.04 Å². The van der Waals surface area contributed by atoms with E-state index in [1.807, 2.05) is 30.6 Å².